The highest BCUT2D eigenvalue weighted by atomic mass is 32.2. The zero-order chi connectivity index (χ0) is 18.9. The molecular weight excluding hydrogens is 355 g/mol. The van der Waals surface area contributed by atoms with E-state index >= 15 is 0 Å². The second-order valence-electron chi connectivity index (χ2n) is 6.41. The molecule has 0 aliphatic carbocycles. The molecule has 1 aliphatic rings. The van der Waals surface area contributed by atoms with Crippen molar-refractivity contribution in [3.63, 3.8) is 0 Å². The van der Waals surface area contributed by atoms with Crippen molar-refractivity contribution in [1.82, 2.24) is 0 Å². The third kappa shape index (κ3) is 3.44. The molecule has 0 spiro atoms. The first-order valence-corrected chi connectivity index (χ1v) is 10.3. The zero-order valence-electron chi connectivity index (χ0n) is 14.7. The van der Waals surface area contributed by atoms with Crippen LogP contribution >= 0.6 is 0 Å². The van der Waals surface area contributed by atoms with Crippen LogP contribution in [0.25, 0.3) is 0 Å². The van der Waals surface area contributed by atoms with Crippen molar-refractivity contribution in [3.05, 3.63) is 59.9 Å². The number of hydrogen-bond donors (Lipinski definition) is 0. The van der Waals surface area contributed by atoms with Gasteiger partial charge >= 0.3 is 0 Å². The van der Waals surface area contributed by atoms with Crippen LogP contribution in [0.1, 0.15) is 18.9 Å². The number of sulfonamides is 1. The first-order chi connectivity index (χ1) is 12.3. The van der Waals surface area contributed by atoms with Crippen LogP contribution in [0.4, 0.5) is 15.8 Å². The van der Waals surface area contributed by atoms with Gasteiger partial charge in [0.15, 0.2) is 0 Å². The Labute approximate surface area is 153 Å². The highest BCUT2D eigenvalue weighted by Crippen LogP contribution is 2.30. The number of hydrogen-bond acceptors (Lipinski definition) is 3. The smallest absolute Gasteiger partial charge is 0.250 e. The highest BCUT2D eigenvalue weighted by Gasteiger charge is 2.35. The van der Waals surface area contributed by atoms with Gasteiger partial charge in [0.2, 0.25) is 10.0 Å². The number of nitrogens with zero attached hydrogens (tertiary/aromatic N) is 2. The molecule has 1 heterocycles. The number of amides is 1. The Kier molecular flexibility index (Phi) is 5.00. The van der Waals surface area contributed by atoms with E-state index in [0.29, 0.717) is 6.54 Å². The number of carbonyl (C=O) groups excluding carboxylic acids is 1. The zero-order valence-corrected chi connectivity index (χ0v) is 15.5. The summed E-state index contributed by atoms with van der Waals surface area (Å²) in [5.74, 6) is -1.05. The number of aryl methyl sites for hydroxylation is 1. The topological polar surface area (TPSA) is 57.7 Å². The van der Waals surface area contributed by atoms with E-state index in [2.05, 4.69) is 0 Å². The molecule has 0 radical (unpaired) electrons. The normalized spacial score (nSPS) is 15.3. The predicted molar refractivity (Wildman–Crippen MR) is 100 cm³/mol. The summed E-state index contributed by atoms with van der Waals surface area (Å²) in [6.45, 7) is 2.00. The molecular formula is C19H21FN2O3S. The molecule has 1 atom stereocenters. The molecule has 0 N–H and O–H groups in total. The highest BCUT2D eigenvalue weighted by molar-refractivity contribution is 7.92. The number of anilines is 2. The summed E-state index contributed by atoms with van der Waals surface area (Å²) < 4.78 is 39.8. The van der Waals surface area contributed by atoms with Crippen molar-refractivity contribution in [3.8, 4) is 0 Å². The summed E-state index contributed by atoms with van der Waals surface area (Å²) in [6.07, 6.45) is 2.65. The first kappa shape index (κ1) is 18.4. The Morgan fingerprint density at radius 1 is 1.15 bits per heavy atom. The molecule has 2 aromatic carbocycles. The third-order valence-corrected chi connectivity index (χ3v) is 5.76. The van der Waals surface area contributed by atoms with E-state index in [1.807, 2.05) is 24.3 Å². The van der Waals surface area contributed by atoms with Crippen molar-refractivity contribution in [2.75, 3.05) is 22.0 Å². The SMILES string of the molecule is C[C@@H](C(=O)N1CCCc2ccccc21)N(c1ccccc1F)S(C)(=O)=O. The van der Waals surface area contributed by atoms with Crippen molar-refractivity contribution in [1.29, 1.82) is 0 Å². The molecule has 0 unspecified atom stereocenters. The van der Waals surface area contributed by atoms with Gasteiger partial charge in [0, 0.05) is 12.2 Å². The summed E-state index contributed by atoms with van der Waals surface area (Å²) in [6, 6.07) is 12.1. The van der Waals surface area contributed by atoms with Crippen LogP contribution in [0.5, 0.6) is 0 Å². The molecule has 26 heavy (non-hydrogen) atoms. The molecule has 0 bridgehead atoms. The van der Waals surface area contributed by atoms with Gasteiger partial charge in [-0.15, -0.1) is 0 Å². The average Bonchev–Trinajstić information content (AvgIpc) is 2.61. The lowest BCUT2D eigenvalue weighted by Crippen LogP contribution is -2.51. The van der Waals surface area contributed by atoms with E-state index in [1.165, 1.54) is 25.1 Å². The minimum atomic E-state index is -3.85. The summed E-state index contributed by atoms with van der Waals surface area (Å²) in [5.41, 5.74) is 1.72. The molecule has 1 aliphatic heterocycles. The van der Waals surface area contributed by atoms with Crippen molar-refractivity contribution in [2.45, 2.75) is 25.8 Å². The van der Waals surface area contributed by atoms with Gasteiger partial charge in [0.25, 0.3) is 5.91 Å². The molecule has 0 aromatic heterocycles. The summed E-state index contributed by atoms with van der Waals surface area (Å²) in [5, 5.41) is 0. The molecule has 5 nitrogen and oxygen atoms in total. The van der Waals surface area contributed by atoms with Crippen LogP contribution in [0.3, 0.4) is 0 Å². The van der Waals surface area contributed by atoms with Gasteiger partial charge in [-0.05, 0) is 43.5 Å². The number of fused-ring (bicyclic) bond motifs is 1. The van der Waals surface area contributed by atoms with Crippen LogP contribution in [-0.2, 0) is 21.2 Å². The van der Waals surface area contributed by atoms with E-state index < -0.39 is 21.9 Å². The number of carbonyl (C=O) groups is 1. The van der Waals surface area contributed by atoms with Crippen LogP contribution in [0.2, 0.25) is 0 Å². The molecule has 2 aromatic rings. The lowest BCUT2D eigenvalue weighted by molar-refractivity contribution is -0.119. The Morgan fingerprint density at radius 2 is 1.81 bits per heavy atom. The van der Waals surface area contributed by atoms with Crippen LogP contribution in [0.15, 0.2) is 48.5 Å². The Bertz CT molecular complexity index is 930. The number of rotatable bonds is 4. The van der Waals surface area contributed by atoms with Crippen molar-refractivity contribution < 1.29 is 17.6 Å². The average molecular weight is 376 g/mol. The van der Waals surface area contributed by atoms with E-state index in [9.17, 15) is 17.6 Å². The van der Waals surface area contributed by atoms with E-state index in [-0.39, 0.29) is 11.6 Å². The molecule has 0 saturated heterocycles. The number of para-hydroxylation sites is 2. The number of halogens is 1. The summed E-state index contributed by atoms with van der Waals surface area (Å²) in [7, 11) is -3.85. The maximum Gasteiger partial charge on any atom is 0.250 e. The van der Waals surface area contributed by atoms with Crippen LogP contribution in [-0.4, -0.2) is 33.2 Å². The fraction of sp³-hybridized carbons (Fsp3) is 0.316. The van der Waals surface area contributed by atoms with Gasteiger partial charge in [-0.2, -0.15) is 0 Å². The summed E-state index contributed by atoms with van der Waals surface area (Å²) in [4.78, 5) is 14.7. The lowest BCUT2D eigenvalue weighted by Gasteiger charge is -2.35. The number of benzene rings is 2. The standard InChI is InChI=1S/C19H21FN2O3S/c1-14(22(26(2,24)25)18-12-6-4-10-16(18)20)19(23)21-13-7-9-15-8-3-5-11-17(15)21/h3-6,8,10-12,14H,7,9,13H2,1-2H3/t14-/m0/s1. The second kappa shape index (κ2) is 7.07. The molecule has 138 valence electrons. The van der Waals surface area contributed by atoms with Crippen molar-refractivity contribution >= 4 is 27.3 Å². The van der Waals surface area contributed by atoms with Crippen molar-refractivity contribution in [2.24, 2.45) is 0 Å². The first-order valence-electron chi connectivity index (χ1n) is 8.44. The third-order valence-electron chi connectivity index (χ3n) is 4.53. The van der Waals surface area contributed by atoms with E-state index in [4.69, 9.17) is 0 Å². The van der Waals surface area contributed by atoms with E-state index in [1.54, 1.807) is 11.0 Å². The largest absolute Gasteiger partial charge is 0.310 e. The molecule has 3 rings (SSSR count). The lowest BCUT2D eigenvalue weighted by atomic mass is 10.0. The Balaban J connectivity index is 2.00. The van der Waals surface area contributed by atoms with Gasteiger partial charge in [0.05, 0.1) is 11.9 Å². The van der Waals surface area contributed by atoms with Gasteiger partial charge in [-0.3, -0.25) is 9.10 Å². The molecule has 0 saturated carbocycles. The second-order valence-corrected chi connectivity index (χ2v) is 8.27. The van der Waals surface area contributed by atoms with E-state index in [0.717, 1.165) is 34.7 Å². The molecule has 7 heteroatoms. The maximum atomic E-state index is 14.2. The van der Waals surface area contributed by atoms with Crippen LogP contribution in [0, 0.1) is 5.82 Å². The Morgan fingerprint density at radius 3 is 2.50 bits per heavy atom. The maximum absolute atomic E-state index is 14.2. The molecule has 1 amide bonds. The summed E-state index contributed by atoms with van der Waals surface area (Å²) >= 11 is 0. The van der Waals surface area contributed by atoms with Gasteiger partial charge in [-0.1, -0.05) is 30.3 Å². The van der Waals surface area contributed by atoms with Gasteiger partial charge in [-0.25, -0.2) is 12.8 Å². The fourth-order valence-corrected chi connectivity index (χ4v) is 4.56. The quantitative estimate of drug-likeness (QED) is 0.824. The van der Waals surface area contributed by atoms with Gasteiger partial charge < -0.3 is 4.90 Å². The van der Waals surface area contributed by atoms with Gasteiger partial charge in [0.1, 0.15) is 11.9 Å². The predicted octanol–water partition coefficient (Wildman–Crippen LogP) is 2.96. The van der Waals surface area contributed by atoms with Crippen LogP contribution < -0.4 is 9.21 Å². The minimum Gasteiger partial charge on any atom is -0.310 e. The monoisotopic (exact) mass is 376 g/mol. The minimum absolute atomic E-state index is 0.124. The fourth-order valence-electron chi connectivity index (χ4n) is 3.39. The molecule has 0 fully saturated rings. The Hall–Kier alpha value is -2.41.